The largest absolute Gasteiger partial charge is 0.339 e. The van der Waals surface area contributed by atoms with Crippen molar-refractivity contribution in [3.8, 4) is 17.2 Å². The molecule has 0 saturated carbocycles. The van der Waals surface area contributed by atoms with E-state index in [-0.39, 0.29) is 17.7 Å². The molecule has 1 saturated heterocycles. The first-order valence-corrected chi connectivity index (χ1v) is 11.2. The maximum absolute atomic E-state index is 13.3. The molecule has 1 fully saturated rings. The highest BCUT2D eigenvalue weighted by Gasteiger charge is 2.29. The van der Waals surface area contributed by atoms with Crippen molar-refractivity contribution in [2.24, 2.45) is 5.92 Å². The maximum atomic E-state index is 13.3. The number of aromatic nitrogens is 1. The Morgan fingerprint density at radius 1 is 1.00 bits per heavy atom. The lowest BCUT2D eigenvalue weighted by Crippen LogP contribution is -2.41. The summed E-state index contributed by atoms with van der Waals surface area (Å²) >= 11 is 3.33. The Morgan fingerprint density at radius 2 is 1.69 bits per heavy atom. The van der Waals surface area contributed by atoms with Crippen molar-refractivity contribution < 1.29 is 9.59 Å². The van der Waals surface area contributed by atoms with Gasteiger partial charge in [0.25, 0.3) is 5.91 Å². The van der Waals surface area contributed by atoms with Crippen LogP contribution in [-0.4, -0.2) is 34.8 Å². The lowest BCUT2D eigenvalue weighted by atomic mass is 9.93. The summed E-state index contributed by atoms with van der Waals surface area (Å²) in [5.41, 5.74) is 2.59. The zero-order valence-corrected chi connectivity index (χ0v) is 18.9. The molecule has 3 aromatic rings. The fraction of sp³-hybridized carbons (Fsp3) is 0.200. The molecular formula is C25H21BrN4O2. The van der Waals surface area contributed by atoms with E-state index in [9.17, 15) is 14.9 Å². The second kappa shape index (κ2) is 9.75. The number of nitrogens with one attached hydrogen (secondary N) is 1. The molecule has 2 heterocycles. The van der Waals surface area contributed by atoms with Crippen LogP contribution in [0, 0.1) is 17.2 Å². The van der Waals surface area contributed by atoms with Gasteiger partial charge in [-0.15, -0.1) is 0 Å². The normalized spacial score (nSPS) is 13.9. The zero-order chi connectivity index (χ0) is 22.5. The van der Waals surface area contributed by atoms with E-state index in [1.807, 2.05) is 42.5 Å². The molecule has 0 aliphatic carbocycles. The number of benzene rings is 2. The molecule has 2 aromatic carbocycles. The van der Waals surface area contributed by atoms with Gasteiger partial charge in [0.1, 0.15) is 5.82 Å². The van der Waals surface area contributed by atoms with Gasteiger partial charge < -0.3 is 10.2 Å². The van der Waals surface area contributed by atoms with Crippen LogP contribution in [0.5, 0.6) is 0 Å². The molecule has 4 rings (SSSR count). The number of nitriles is 1. The van der Waals surface area contributed by atoms with Crippen LogP contribution < -0.4 is 5.32 Å². The lowest BCUT2D eigenvalue weighted by Gasteiger charge is -2.31. The van der Waals surface area contributed by atoms with Gasteiger partial charge in [-0.05, 0) is 58.6 Å². The zero-order valence-electron chi connectivity index (χ0n) is 17.3. The summed E-state index contributed by atoms with van der Waals surface area (Å²) in [7, 11) is 0. The third-order valence-corrected chi connectivity index (χ3v) is 6.10. The maximum Gasteiger partial charge on any atom is 0.254 e. The van der Waals surface area contributed by atoms with E-state index in [0.717, 1.165) is 15.6 Å². The van der Waals surface area contributed by atoms with Gasteiger partial charge in [-0.2, -0.15) is 5.26 Å². The number of halogens is 1. The second-order valence-corrected chi connectivity index (χ2v) is 8.54. The Morgan fingerprint density at radius 3 is 2.38 bits per heavy atom. The van der Waals surface area contributed by atoms with Crippen LogP contribution in [0.4, 0.5) is 5.82 Å². The van der Waals surface area contributed by atoms with Gasteiger partial charge in [0, 0.05) is 40.8 Å². The first-order chi connectivity index (χ1) is 15.6. The molecular weight excluding hydrogens is 468 g/mol. The summed E-state index contributed by atoms with van der Waals surface area (Å²) in [4.78, 5) is 31.9. The van der Waals surface area contributed by atoms with E-state index >= 15 is 0 Å². The first-order valence-electron chi connectivity index (χ1n) is 10.4. The van der Waals surface area contributed by atoms with Crippen LogP contribution in [0.2, 0.25) is 0 Å². The fourth-order valence-corrected chi connectivity index (χ4v) is 4.15. The molecule has 1 aromatic heterocycles. The standard InChI is InChI=1S/C25H21BrN4O2/c26-19-9-10-23(28-16-19)29-24(31)17-11-13-30(14-12-17)25(32)22-8-4-3-7-21(22)20-6-2-1-5-18(20)15-27/h1-10,16-17H,11-14H2,(H,28,29,31). The summed E-state index contributed by atoms with van der Waals surface area (Å²) in [5, 5.41) is 12.3. The van der Waals surface area contributed by atoms with Crippen molar-refractivity contribution >= 4 is 33.6 Å². The number of hydrogen-bond acceptors (Lipinski definition) is 4. The van der Waals surface area contributed by atoms with E-state index in [2.05, 4.69) is 32.3 Å². The molecule has 0 spiro atoms. The van der Waals surface area contributed by atoms with E-state index < -0.39 is 0 Å². The smallest absolute Gasteiger partial charge is 0.254 e. The minimum atomic E-state index is -0.168. The summed E-state index contributed by atoms with van der Waals surface area (Å²) in [6, 6.07) is 20.4. The van der Waals surface area contributed by atoms with Gasteiger partial charge >= 0.3 is 0 Å². The Labute approximate surface area is 195 Å². The molecule has 160 valence electrons. The van der Waals surface area contributed by atoms with Crippen LogP contribution in [0.25, 0.3) is 11.1 Å². The average Bonchev–Trinajstić information content (AvgIpc) is 2.85. The van der Waals surface area contributed by atoms with Crippen molar-refractivity contribution in [2.75, 3.05) is 18.4 Å². The van der Waals surface area contributed by atoms with E-state index in [0.29, 0.717) is 42.9 Å². The number of hydrogen-bond donors (Lipinski definition) is 1. The van der Waals surface area contributed by atoms with Crippen LogP contribution in [0.1, 0.15) is 28.8 Å². The molecule has 32 heavy (non-hydrogen) atoms. The van der Waals surface area contributed by atoms with E-state index in [4.69, 9.17) is 0 Å². The third-order valence-electron chi connectivity index (χ3n) is 5.63. The molecule has 0 unspecified atom stereocenters. The Bertz CT molecular complexity index is 1180. The molecule has 6 nitrogen and oxygen atoms in total. The molecule has 1 N–H and O–H groups in total. The van der Waals surface area contributed by atoms with Gasteiger partial charge in [0.05, 0.1) is 11.6 Å². The average molecular weight is 489 g/mol. The molecule has 0 radical (unpaired) electrons. The molecule has 1 aliphatic rings. The van der Waals surface area contributed by atoms with Gasteiger partial charge in [0.15, 0.2) is 0 Å². The topological polar surface area (TPSA) is 86.1 Å². The lowest BCUT2D eigenvalue weighted by molar-refractivity contribution is -0.121. The number of piperidine rings is 1. The fourth-order valence-electron chi connectivity index (χ4n) is 3.91. The Hall–Kier alpha value is -3.50. The molecule has 0 bridgehead atoms. The van der Waals surface area contributed by atoms with E-state index in [1.54, 1.807) is 29.3 Å². The van der Waals surface area contributed by atoms with Crippen molar-refractivity contribution in [3.63, 3.8) is 0 Å². The highest BCUT2D eigenvalue weighted by molar-refractivity contribution is 9.10. The first kappa shape index (κ1) is 21.7. The molecule has 7 heteroatoms. The van der Waals surface area contributed by atoms with Crippen molar-refractivity contribution in [3.05, 3.63) is 82.5 Å². The number of nitrogens with zero attached hydrogens (tertiary/aromatic N) is 3. The summed E-state index contributed by atoms with van der Waals surface area (Å²) in [5.74, 6) is 0.192. The van der Waals surface area contributed by atoms with Gasteiger partial charge in [-0.3, -0.25) is 9.59 Å². The predicted octanol–water partition coefficient (Wildman–Crippen LogP) is 4.87. The minimum absolute atomic E-state index is 0.0738. The summed E-state index contributed by atoms with van der Waals surface area (Å²) < 4.78 is 0.847. The van der Waals surface area contributed by atoms with Crippen LogP contribution in [0.15, 0.2) is 71.3 Å². The van der Waals surface area contributed by atoms with Gasteiger partial charge in [-0.25, -0.2) is 4.98 Å². The molecule has 2 amide bonds. The molecule has 1 aliphatic heterocycles. The monoisotopic (exact) mass is 488 g/mol. The predicted molar refractivity (Wildman–Crippen MR) is 126 cm³/mol. The summed E-state index contributed by atoms with van der Waals surface area (Å²) in [6.45, 7) is 0.998. The Kier molecular flexibility index (Phi) is 6.62. The highest BCUT2D eigenvalue weighted by atomic mass is 79.9. The number of rotatable bonds is 4. The number of pyridine rings is 1. The Balaban J connectivity index is 1.45. The summed E-state index contributed by atoms with van der Waals surface area (Å²) in [6.07, 6.45) is 2.81. The van der Waals surface area contributed by atoms with Crippen molar-refractivity contribution in [1.29, 1.82) is 5.26 Å². The van der Waals surface area contributed by atoms with Crippen LogP contribution in [-0.2, 0) is 4.79 Å². The number of likely N-dealkylation sites (tertiary alicyclic amines) is 1. The van der Waals surface area contributed by atoms with Crippen LogP contribution in [0.3, 0.4) is 0 Å². The number of carbonyl (C=O) groups is 2. The van der Waals surface area contributed by atoms with Crippen molar-refractivity contribution in [2.45, 2.75) is 12.8 Å². The number of amides is 2. The molecule has 0 atom stereocenters. The third kappa shape index (κ3) is 4.71. The number of carbonyl (C=O) groups excluding carboxylic acids is 2. The van der Waals surface area contributed by atoms with Gasteiger partial charge in [-0.1, -0.05) is 36.4 Å². The quantitative estimate of drug-likeness (QED) is 0.567. The SMILES string of the molecule is N#Cc1ccccc1-c1ccccc1C(=O)N1CCC(C(=O)Nc2ccc(Br)cn2)CC1. The van der Waals surface area contributed by atoms with Crippen molar-refractivity contribution in [1.82, 2.24) is 9.88 Å². The highest BCUT2D eigenvalue weighted by Crippen LogP contribution is 2.29. The van der Waals surface area contributed by atoms with Gasteiger partial charge in [0.2, 0.25) is 5.91 Å². The minimum Gasteiger partial charge on any atom is -0.339 e. The second-order valence-electron chi connectivity index (χ2n) is 7.62. The number of anilines is 1. The van der Waals surface area contributed by atoms with Crippen LogP contribution >= 0.6 is 15.9 Å². The van der Waals surface area contributed by atoms with E-state index in [1.165, 1.54) is 0 Å².